The summed E-state index contributed by atoms with van der Waals surface area (Å²) in [6, 6.07) is 0. The third-order valence-corrected chi connectivity index (χ3v) is 10.4. The van der Waals surface area contributed by atoms with E-state index in [1.54, 1.807) is 0 Å². The molecule has 0 spiro atoms. The van der Waals surface area contributed by atoms with Gasteiger partial charge in [-0.15, -0.1) is 0 Å². The van der Waals surface area contributed by atoms with Crippen molar-refractivity contribution in [1.29, 1.82) is 0 Å². The fraction of sp³-hybridized carbons (Fsp3) is 1.00. The summed E-state index contributed by atoms with van der Waals surface area (Å²) in [4.78, 5) is 0. The van der Waals surface area contributed by atoms with Crippen LogP contribution in [0.1, 0.15) is 79.0 Å². The van der Waals surface area contributed by atoms with E-state index >= 15 is 0 Å². The molecule has 2 atom stereocenters. The second kappa shape index (κ2) is 10.2. The van der Waals surface area contributed by atoms with Gasteiger partial charge in [-0.05, 0) is 49.1 Å². The van der Waals surface area contributed by atoms with E-state index in [0.29, 0.717) is 12.1 Å². The molecule has 0 amide bonds. The molecule has 0 aromatic heterocycles. The Morgan fingerprint density at radius 1 is 1.04 bits per heavy atom. The average Bonchev–Trinajstić information content (AvgIpc) is 2.48. The molecule has 2 radical (unpaired) electrons. The van der Waals surface area contributed by atoms with E-state index in [-0.39, 0.29) is 28.2 Å². The maximum absolute atomic E-state index is 11.3. The molecule has 3 nitrogen and oxygen atoms in total. The molecule has 0 saturated heterocycles. The Labute approximate surface area is 158 Å². The van der Waals surface area contributed by atoms with Gasteiger partial charge in [0.2, 0.25) is 0 Å². The Balaban J connectivity index is 0.00000264. The molecule has 2 unspecified atom stereocenters. The van der Waals surface area contributed by atoms with E-state index < -0.39 is 15.3 Å². The summed E-state index contributed by atoms with van der Waals surface area (Å²) in [7, 11) is 1.42. The zero-order chi connectivity index (χ0) is 16.2. The first-order valence-corrected chi connectivity index (χ1v) is 11.9. The van der Waals surface area contributed by atoms with Crippen molar-refractivity contribution in [3.8, 4) is 0 Å². The summed E-state index contributed by atoms with van der Waals surface area (Å²) in [6.07, 6.45) is 13.7. The van der Waals surface area contributed by atoms with Crippen molar-refractivity contribution in [3.63, 3.8) is 0 Å². The van der Waals surface area contributed by atoms with Crippen LogP contribution in [0.4, 0.5) is 0 Å². The van der Waals surface area contributed by atoms with Gasteiger partial charge in [-0.3, -0.25) is 4.55 Å². The fourth-order valence-electron chi connectivity index (χ4n) is 4.36. The van der Waals surface area contributed by atoms with Crippen molar-refractivity contribution in [1.82, 2.24) is 0 Å². The van der Waals surface area contributed by atoms with Gasteiger partial charge in [-0.1, -0.05) is 53.4 Å². The molecule has 2 saturated carbocycles. The molecule has 0 aliphatic heterocycles. The van der Waals surface area contributed by atoms with Crippen molar-refractivity contribution >= 4 is 25.9 Å². The molecule has 0 aromatic carbocycles. The number of hydrogen-bond acceptors (Lipinski definition) is 2. The van der Waals surface area contributed by atoms with Gasteiger partial charge >= 0.3 is 18.9 Å². The summed E-state index contributed by atoms with van der Waals surface area (Å²) in [5.74, 6) is 0. The molecule has 7 heteroatoms. The number of hydrogen-bond donors (Lipinski definition) is 1. The smallest absolute Gasteiger partial charge is 1.00 e. The molecular formula is C16H31BLiO3PS. The molecule has 2 fully saturated rings. The largest absolute Gasteiger partial charge is 1.00 e. The molecule has 1 N–H and O–H groups in total. The van der Waals surface area contributed by atoms with E-state index in [1.165, 1.54) is 64.2 Å². The van der Waals surface area contributed by atoms with Crippen molar-refractivity contribution < 1.29 is 33.3 Å². The molecule has 0 heterocycles. The van der Waals surface area contributed by atoms with Crippen LogP contribution in [0, 0.1) is 0 Å². The molecule has 0 aromatic rings. The van der Waals surface area contributed by atoms with Gasteiger partial charge in [-0.2, -0.15) is 0 Å². The van der Waals surface area contributed by atoms with Crippen LogP contribution < -0.4 is 18.9 Å². The van der Waals surface area contributed by atoms with Gasteiger partial charge < -0.3 is 1.43 Å². The third kappa shape index (κ3) is 6.67. The predicted molar refractivity (Wildman–Crippen MR) is 96.9 cm³/mol. The van der Waals surface area contributed by atoms with Crippen LogP contribution in [-0.2, 0) is 10.1 Å². The van der Waals surface area contributed by atoms with E-state index in [9.17, 15) is 13.0 Å². The van der Waals surface area contributed by atoms with Gasteiger partial charge in [0.25, 0.3) is 10.1 Å². The summed E-state index contributed by atoms with van der Waals surface area (Å²) in [5.41, 5.74) is 1.91. The topological polar surface area (TPSA) is 54.4 Å². The monoisotopic (exact) mass is 352 g/mol. The van der Waals surface area contributed by atoms with E-state index in [1.807, 2.05) is 0 Å². The zero-order valence-electron chi connectivity index (χ0n) is 15.8. The van der Waals surface area contributed by atoms with Gasteiger partial charge in [0.15, 0.2) is 0 Å². The Kier molecular flexibility index (Phi) is 9.80. The van der Waals surface area contributed by atoms with Gasteiger partial charge in [0.05, 0.1) is 7.85 Å². The summed E-state index contributed by atoms with van der Waals surface area (Å²) < 4.78 is 31.8. The normalized spacial score (nSPS) is 24.1. The molecule has 0 bridgehead atoms. The molecule has 23 heavy (non-hydrogen) atoms. The molecular weight excluding hydrogens is 321 g/mol. The van der Waals surface area contributed by atoms with Crippen molar-refractivity contribution in [2.75, 3.05) is 0 Å². The second-order valence-electron chi connectivity index (χ2n) is 7.17. The maximum Gasteiger partial charge on any atom is 1.00 e. The maximum atomic E-state index is 11.3. The molecule has 2 rings (SSSR count). The van der Waals surface area contributed by atoms with Crippen molar-refractivity contribution in [2.24, 2.45) is 0 Å². The van der Waals surface area contributed by atoms with Crippen LogP contribution in [0.25, 0.3) is 0 Å². The van der Waals surface area contributed by atoms with Crippen LogP contribution in [0.5, 0.6) is 0 Å². The zero-order valence-corrected chi connectivity index (χ0v) is 16.5. The first-order valence-electron chi connectivity index (χ1n) is 8.89. The van der Waals surface area contributed by atoms with Gasteiger partial charge in [0.1, 0.15) is 0 Å². The van der Waals surface area contributed by atoms with Crippen LogP contribution >= 0.6 is 7.92 Å². The molecule has 128 valence electrons. The second-order valence-corrected chi connectivity index (χ2v) is 12.0. The molecule has 2 aliphatic rings. The van der Waals surface area contributed by atoms with E-state index in [2.05, 4.69) is 6.92 Å². The summed E-state index contributed by atoms with van der Waals surface area (Å²) >= 11 is 0. The number of rotatable bonds is 6. The average molecular weight is 352 g/mol. The van der Waals surface area contributed by atoms with Crippen LogP contribution in [0.3, 0.4) is 0 Å². The third-order valence-electron chi connectivity index (χ3n) is 5.46. The SMILES string of the molecule is [B]C(CC(C)P(C1CCCCC1)C1CCCCC1)S(=O)(=O)O.[H-].[Li+]. The predicted octanol–water partition coefficient (Wildman–Crippen LogP) is 1.41. The van der Waals surface area contributed by atoms with Crippen molar-refractivity contribution in [3.05, 3.63) is 0 Å². The Morgan fingerprint density at radius 3 is 1.78 bits per heavy atom. The first kappa shape index (κ1) is 22.0. The minimum Gasteiger partial charge on any atom is -1.00 e. The minimum absolute atomic E-state index is 0. The Morgan fingerprint density at radius 2 is 1.43 bits per heavy atom. The summed E-state index contributed by atoms with van der Waals surface area (Å²) in [6.45, 7) is 2.18. The Hall–Kier alpha value is 1.00. The van der Waals surface area contributed by atoms with E-state index in [0.717, 1.165) is 11.3 Å². The van der Waals surface area contributed by atoms with Crippen LogP contribution in [-0.4, -0.2) is 42.9 Å². The fourth-order valence-corrected chi connectivity index (χ4v) is 9.46. The van der Waals surface area contributed by atoms with E-state index in [4.69, 9.17) is 7.85 Å². The standard InChI is InChI=1S/C16H30BO3PS.Li.H/c1-13(12-16(17)22(18,19)20)21(14-8-4-2-5-9-14)15-10-6-3-7-11-15;;/h13-16H,2-12H2,1H3,(H,18,19,20);;/q;+1;-1. The first-order chi connectivity index (χ1) is 10.4. The van der Waals surface area contributed by atoms with Crippen LogP contribution in [0.2, 0.25) is 0 Å². The minimum atomic E-state index is -4.10. The Bertz CT molecular complexity index is 425. The quantitative estimate of drug-likeness (QED) is 0.447. The van der Waals surface area contributed by atoms with Crippen molar-refractivity contribution in [2.45, 2.75) is 99.7 Å². The summed E-state index contributed by atoms with van der Waals surface area (Å²) in [5, 5.41) is -1.11. The van der Waals surface area contributed by atoms with Gasteiger partial charge in [-0.25, -0.2) is 8.42 Å². The molecule has 2 aliphatic carbocycles. The van der Waals surface area contributed by atoms with Crippen LogP contribution in [0.15, 0.2) is 0 Å². The van der Waals surface area contributed by atoms with Gasteiger partial charge in [0, 0.05) is 5.15 Å².